The summed E-state index contributed by atoms with van der Waals surface area (Å²) in [6.07, 6.45) is 4.85. The first-order chi connectivity index (χ1) is 33.0. The topological polar surface area (TPSA) is 384 Å². The Morgan fingerprint density at radius 1 is 0.449 bits per heavy atom. The Morgan fingerprint density at radius 3 is 1.38 bits per heavy atom. The van der Waals surface area contributed by atoms with Gasteiger partial charge in [-0.2, -0.15) is 0 Å². The molecule has 25 nitrogen and oxygen atoms in total. The van der Waals surface area contributed by atoms with Crippen molar-refractivity contribution >= 4 is 59.3 Å². The van der Waals surface area contributed by atoms with Crippen molar-refractivity contribution in [2.75, 3.05) is 72.6 Å². The number of aromatic carboxylic acids is 1. The number of rotatable bonds is 43. The van der Waals surface area contributed by atoms with E-state index in [9.17, 15) is 58.2 Å². The highest BCUT2D eigenvalue weighted by Gasteiger charge is 2.25. The van der Waals surface area contributed by atoms with Gasteiger partial charge in [0.15, 0.2) is 0 Å². The van der Waals surface area contributed by atoms with Crippen LogP contribution in [0.15, 0.2) is 24.3 Å². The molecule has 0 fully saturated rings. The summed E-state index contributed by atoms with van der Waals surface area (Å²) in [7, 11) is 0. The van der Waals surface area contributed by atoms with E-state index < -0.39 is 90.5 Å². The summed E-state index contributed by atoms with van der Waals surface area (Å²) in [6.45, 7) is 0.523. The first-order valence-corrected chi connectivity index (χ1v) is 22.6. The molecule has 1 aromatic carbocycles. The third-order valence-corrected chi connectivity index (χ3v) is 9.67. The quantitative estimate of drug-likeness (QED) is 0.0376. The highest BCUT2D eigenvalue weighted by atomic mass is 16.5. The second-order valence-electron chi connectivity index (χ2n) is 15.4. The van der Waals surface area contributed by atoms with E-state index in [1.54, 1.807) is 12.1 Å². The van der Waals surface area contributed by atoms with E-state index >= 15 is 0 Å². The molecule has 0 aromatic heterocycles. The van der Waals surface area contributed by atoms with Gasteiger partial charge in [-0.05, 0) is 56.4 Å². The van der Waals surface area contributed by atoms with E-state index in [2.05, 4.69) is 26.6 Å². The van der Waals surface area contributed by atoms with Crippen molar-refractivity contribution in [1.29, 1.82) is 0 Å². The fourth-order valence-electron chi connectivity index (χ4n) is 5.97. The van der Waals surface area contributed by atoms with Gasteiger partial charge >= 0.3 is 23.9 Å². The highest BCUT2D eigenvalue weighted by Crippen LogP contribution is 2.14. The third-order valence-electron chi connectivity index (χ3n) is 9.67. The van der Waals surface area contributed by atoms with Crippen molar-refractivity contribution in [1.82, 2.24) is 26.6 Å². The molecule has 0 aliphatic rings. The first kappa shape index (κ1) is 60.6. The smallest absolute Gasteiger partial charge is 0.335 e. The fourth-order valence-corrected chi connectivity index (χ4v) is 5.97. The lowest BCUT2D eigenvalue weighted by Crippen LogP contribution is -2.45. The SMILES string of the molecule is NC(=O)CC[C@H](NC(=O)CC[C@H](NC(=O)COCCOCCNC(=O)COCCOCCNC(=O)CC[C@H](NC(=O)CCCCCCCCCOc1ccc(C(=O)O)cc1)C(=O)O)C(=O)O)C(=O)O. The van der Waals surface area contributed by atoms with E-state index in [4.69, 9.17) is 39.6 Å². The normalized spacial score (nSPS) is 12.1. The van der Waals surface area contributed by atoms with Crippen molar-refractivity contribution in [2.45, 2.75) is 108 Å². The minimum absolute atomic E-state index is 0.0384. The Labute approximate surface area is 399 Å². The number of ether oxygens (including phenoxy) is 5. The summed E-state index contributed by atoms with van der Waals surface area (Å²) in [5.41, 5.74) is 5.20. The van der Waals surface area contributed by atoms with Crippen LogP contribution < -0.4 is 37.1 Å². The molecule has 1 aromatic rings. The van der Waals surface area contributed by atoms with Gasteiger partial charge < -0.3 is 76.4 Å². The molecule has 0 bridgehead atoms. The molecule has 0 aliphatic carbocycles. The van der Waals surface area contributed by atoms with Gasteiger partial charge in [0.1, 0.15) is 37.1 Å². The second kappa shape index (κ2) is 37.5. The lowest BCUT2D eigenvalue weighted by atomic mass is 10.1. The number of aliphatic carboxylic acids is 3. The summed E-state index contributed by atoms with van der Waals surface area (Å²) >= 11 is 0. The molecule has 388 valence electrons. The number of unbranched alkanes of at least 4 members (excludes halogenated alkanes) is 6. The molecule has 0 spiro atoms. The predicted octanol–water partition coefficient (Wildman–Crippen LogP) is -0.283. The number of carboxylic acids is 4. The molecular weight excluding hydrogens is 917 g/mol. The Kier molecular flexibility index (Phi) is 32.9. The van der Waals surface area contributed by atoms with Gasteiger partial charge in [0.05, 0.1) is 51.8 Å². The summed E-state index contributed by atoms with van der Waals surface area (Å²) in [6, 6.07) is 2.19. The number of primary amides is 1. The number of hydrogen-bond acceptors (Lipinski definition) is 15. The van der Waals surface area contributed by atoms with Crippen LogP contribution in [0.25, 0.3) is 0 Å². The number of nitrogens with one attached hydrogen (secondary N) is 5. The van der Waals surface area contributed by atoms with Crippen molar-refractivity contribution in [3.05, 3.63) is 29.8 Å². The van der Waals surface area contributed by atoms with E-state index in [0.717, 1.165) is 38.5 Å². The minimum atomic E-state index is -1.46. The van der Waals surface area contributed by atoms with E-state index in [1.165, 1.54) is 12.1 Å². The van der Waals surface area contributed by atoms with Gasteiger partial charge in [-0.3, -0.25) is 28.8 Å². The second-order valence-corrected chi connectivity index (χ2v) is 15.4. The Bertz CT molecular complexity index is 1770. The lowest BCUT2D eigenvalue weighted by Gasteiger charge is -2.16. The van der Waals surface area contributed by atoms with E-state index in [0.29, 0.717) is 18.8 Å². The maximum Gasteiger partial charge on any atom is 0.335 e. The van der Waals surface area contributed by atoms with Crippen LogP contribution >= 0.6 is 0 Å². The molecule has 0 heterocycles. The fraction of sp³-hybridized carbons (Fsp3) is 0.636. The molecule has 11 N–H and O–H groups in total. The standard InChI is InChI=1S/C44H68N6O19/c45-35(51)16-13-32(42(59)60)49-38(54)18-15-34(44(63)64)50-40(56)29-68-27-25-66-23-20-47-39(55)28-67-26-24-65-22-19-46-36(52)17-14-33(43(61)62)48-37(53)8-6-4-2-1-3-5-7-21-69-31-11-9-30(10-12-31)41(57)58/h9-12,32-34H,1-8,13-29H2,(H2,45,51)(H,46,52)(H,47,55)(H,48,53)(H,49,54)(H,50,56)(H,57,58)(H,59,60)(H,61,62)(H,63,64)/t32-,33-,34-/m0/s1. The van der Waals surface area contributed by atoms with Crippen molar-refractivity contribution in [3.8, 4) is 5.75 Å². The predicted molar refractivity (Wildman–Crippen MR) is 241 cm³/mol. The largest absolute Gasteiger partial charge is 0.494 e. The average Bonchev–Trinajstić information content (AvgIpc) is 3.29. The number of nitrogens with two attached hydrogens (primary N) is 1. The number of carboxylic acid groups (broad SMARTS) is 4. The maximum atomic E-state index is 12.3. The van der Waals surface area contributed by atoms with Crippen LogP contribution in [0.1, 0.15) is 100 Å². The van der Waals surface area contributed by atoms with Crippen molar-refractivity contribution in [2.24, 2.45) is 5.73 Å². The van der Waals surface area contributed by atoms with Crippen LogP contribution in [-0.4, -0.2) is 170 Å². The van der Waals surface area contributed by atoms with Gasteiger partial charge in [-0.1, -0.05) is 32.1 Å². The number of amides is 6. The van der Waals surface area contributed by atoms with Gasteiger partial charge in [0, 0.05) is 38.8 Å². The molecule has 1 rings (SSSR count). The molecule has 0 saturated heterocycles. The van der Waals surface area contributed by atoms with Crippen LogP contribution in [0.3, 0.4) is 0 Å². The molecular formula is C44H68N6O19. The average molecular weight is 985 g/mol. The van der Waals surface area contributed by atoms with Gasteiger partial charge in [-0.25, -0.2) is 19.2 Å². The Hall–Kier alpha value is -6.44. The Morgan fingerprint density at radius 2 is 0.870 bits per heavy atom. The molecule has 25 heteroatoms. The van der Waals surface area contributed by atoms with Crippen LogP contribution in [0.2, 0.25) is 0 Å². The molecule has 0 saturated carbocycles. The zero-order valence-corrected chi connectivity index (χ0v) is 38.7. The monoisotopic (exact) mass is 984 g/mol. The van der Waals surface area contributed by atoms with Gasteiger partial charge in [0.2, 0.25) is 35.4 Å². The molecule has 69 heavy (non-hydrogen) atoms. The van der Waals surface area contributed by atoms with Gasteiger partial charge in [-0.15, -0.1) is 0 Å². The summed E-state index contributed by atoms with van der Waals surface area (Å²) in [4.78, 5) is 117. The van der Waals surface area contributed by atoms with Crippen LogP contribution in [0.5, 0.6) is 5.75 Å². The highest BCUT2D eigenvalue weighted by molar-refractivity contribution is 5.88. The summed E-state index contributed by atoms with van der Waals surface area (Å²) < 4.78 is 26.7. The molecule has 6 amide bonds. The van der Waals surface area contributed by atoms with Crippen LogP contribution in [0, 0.1) is 0 Å². The van der Waals surface area contributed by atoms with Crippen LogP contribution in [0.4, 0.5) is 0 Å². The first-order valence-electron chi connectivity index (χ1n) is 22.6. The van der Waals surface area contributed by atoms with Gasteiger partial charge in [0.25, 0.3) is 0 Å². The summed E-state index contributed by atoms with van der Waals surface area (Å²) in [5, 5.41) is 49.0. The number of hydrogen-bond donors (Lipinski definition) is 10. The lowest BCUT2D eigenvalue weighted by molar-refractivity contribution is -0.144. The summed E-state index contributed by atoms with van der Waals surface area (Å²) in [5.74, 6) is -7.97. The van der Waals surface area contributed by atoms with Crippen molar-refractivity contribution < 1.29 is 92.1 Å². The molecule has 0 radical (unpaired) electrons. The van der Waals surface area contributed by atoms with E-state index in [1.807, 2.05) is 0 Å². The molecule has 3 atom stereocenters. The zero-order chi connectivity index (χ0) is 51.2. The van der Waals surface area contributed by atoms with Crippen molar-refractivity contribution in [3.63, 3.8) is 0 Å². The van der Waals surface area contributed by atoms with E-state index in [-0.39, 0.29) is 103 Å². The Balaban J connectivity index is 2.02. The third kappa shape index (κ3) is 32.8. The molecule has 0 unspecified atom stereocenters. The maximum absolute atomic E-state index is 12.3. The zero-order valence-electron chi connectivity index (χ0n) is 38.7. The molecule has 0 aliphatic heterocycles. The van der Waals surface area contributed by atoms with Crippen LogP contribution in [-0.2, 0) is 62.1 Å². The number of benzene rings is 1. The number of carbonyl (C=O) groups excluding carboxylic acids is 6. The number of carbonyl (C=O) groups is 10. The minimum Gasteiger partial charge on any atom is -0.494 e.